The molecule has 0 bridgehead atoms. The van der Waals surface area contributed by atoms with E-state index >= 15 is 0 Å². The Morgan fingerprint density at radius 3 is 2.37 bits per heavy atom. The van der Waals surface area contributed by atoms with Crippen LogP contribution >= 0.6 is 0 Å². The topological polar surface area (TPSA) is 0 Å². The van der Waals surface area contributed by atoms with E-state index in [1.165, 1.54) is 50.1 Å². The van der Waals surface area contributed by atoms with Crippen molar-refractivity contribution in [1.29, 1.82) is 0 Å². The fourth-order valence-electron chi connectivity index (χ4n) is 2.19. The lowest BCUT2D eigenvalue weighted by Gasteiger charge is -2.16. The summed E-state index contributed by atoms with van der Waals surface area (Å²) in [6, 6.07) is 12.6. The predicted octanol–water partition coefficient (Wildman–Crippen LogP) is 5.91. The van der Waals surface area contributed by atoms with Gasteiger partial charge in [-0.15, -0.1) is 0 Å². The normalized spacial score (nSPS) is 12.2. The van der Waals surface area contributed by atoms with Gasteiger partial charge in [-0.3, -0.25) is 0 Å². The first kappa shape index (κ1) is 16.2. The zero-order valence-corrected chi connectivity index (χ0v) is 13.8. The Balaban J connectivity index is 2.25. The van der Waals surface area contributed by atoms with Crippen LogP contribution in [-0.2, 0) is 0 Å². The number of hydrogen-bond donors (Lipinski definition) is 0. The Hall–Kier alpha value is -0.823. The van der Waals surface area contributed by atoms with Gasteiger partial charge in [0.2, 0.25) is 0 Å². The molecule has 1 heteroatoms. The average molecular weight is 273 g/mol. The summed E-state index contributed by atoms with van der Waals surface area (Å²) in [7, 11) is -1.27. The van der Waals surface area contributed by atoms with E-state index < -0.39 is 8.07 Å². The molecule has 2 radical (unpaired) electrons. The Labute approximate surface area is 121 Å². The highest BCUT2D eigenvalue weighted by atomic mass is 28.3. The fraction of sp³-hybridized carbons (Fsp3) is 0.556. The molecule has 0 spiro atoms. The molecule has 0 nitrogen and oxygen atoms in total. The van der Waals surface area contributed by atoms with Gasteiger partial charge in [0.05, 0.1) is 8.07 Å². The molecule has 0 aromatic heterocycles. The molecule has 0 fully saturated rings. The fourth-order valence-corrected chi connectivity index (χ4v) is 4.03. The van der Waals surface area contributed by atoms with Gasteiger partial charge in [-0.1, -0.05) is 101 Å². The molecule has 0 saturated heterocycles. The van der Waals surface area contributed by atoms with E-state index in [1.54, 1.807) is 0 Å². The summed E-state index contributed by atoms with van der Waals surface area (Å²) in [5.74, 6) is 0. The molecule has 1 aromatic carbocycles. The van der Waals surface area contributed by atoms with Crippen LogP contribution in [0.5, 0.6) is 0 Å². The third-order valence-electron chi connectivity index (χ3n) is 3.53. The Kier molecular flexibility index (Phi) is 7.81. The molecule has 1 rings (SSSR count). The molecule has 0 atom stereocenters. The van der Waals surface area contributed by atoms with Gasteiger partial charge in [0.25, 0.3) is 0 Å². The van der Waals surface area contributed by atoms with E-state index in [-0.39, 0.29) is 0 Å². The largest absolute Gasteiger partial charge is 0.0805 e. The summed E-state index contributed by atoms with van der Waals surface area (Å²) in [5, 5.41) is 0. The highest BCUT2D eigenvalue weighted by molar-refractivity contribution is 6.80. The Morgan fingerprint density at radius 2 is 1.68 bits per heavy atom. The van der Waals surface area contributed by atoms with Gasteiger partial charge in [0, 0.05) is 0 Å². The van der Waals surface area contributed by atoms with Crippen LogP contribution in [-0.4, -0.2) is 8.07 Å². The maximum Gasteiger partial charge on any atom is 0.0805 e. The minimum atomic E-state index is -1.27. The molecule has 0 aliphatic carbocycles. The molecule has 104 valence electrons. The molecule has 0 amide bonds. The van der Waals surface area contributed by atoms with Crippen LogP contribution in [0.4, 0.5) is 0 Å². The smallest absolute Gasteiger partial charge is 0.0654 e. The van der Waals surface area contributed by atoms with Gasteiger partial charge in [-0.05, 0) is 11.6 Å². The first-order valence-corrected chi connectivity index (χ1v) is 10.9. The Morgan fingerprint density at radius 1 is 1.05 bits per heavy atom. The summed E-state index contributed by atoms with van der Waals surface area (Å²) in [4.78, 5) is 0. The zero-order chi connectivity index (χ0) is 14.0. The van der Waals surface area contributed by atoms with Crippen LogP contribution in [0.3, 0.4) is 0 Å². The highest BCUT2D eigenvalue weighted by Crippen LogP contribution is 2.18. The molecule has 0 heterocycles. The number of hydrogen-bond acceptors (Lipinski definition) is 0. The molecule has 0 aliphatic heterocycles. The lowest BCUT2D eigenvalue weighted by atomic mass is 10.1. The van der Waals surface area contributed by atoms with E-state index in [4.69, 9.17) is 0 Å². The van der Waals surface area contributed by atoms with Crippen molar-refractivity contribution in [3.63, 3.8) is 0 Å². The van der Waals surface area contributed by atoms with E-state index in [9.17, 15) is 0 Å². The first-order chi connectivity index (χ1) is 9.14. The van der Waals surface area contributed by atoms with Crippen LogP contribution in [0.2, 0.25) is 19.1 Å². The molecule has 0 unspecified atom stereocenters. The first-order valence-electron chi connectivity index (χ1n) is 7.71. The van der Waals surface area contributed by atoms with Gasteiger partial charge in [0.15, 0.2) is 0 Å². The average Bonchev–Trinajstić information content (AvgIpc) is 2.42. The molecule has 1 aromatic rings. The molecule has 19 heavy (non-hydrogen) atoms. The minimum Gasteiger partial charge on any atom is -0.0654 e. The van der Waals surface area contributed by atoms with Crippen LogP contribution in [0.25, 0.3) is 6.08 Å². The van der Waals surface area contributed by atoms with Gasteiger partial charge >= 0.3 is 0 Å². The number of benzene rings is 1. The minimum absolute atomic E-state index is 1.25. The standard InChI is InChI=1S/C18H28Si/c1-4-5-6-7-8-12-16-19(2,3)17-15-18-13-10-9-11-14-18/h10-11,13-15H,4-8,12,16H2,1-3H3. The van der Waals surface area contributed by atoms with Gasteiger partial charge in [-0.2, -0.15) is 0 Å². The van der Waals surface area contributed by atoms with Crippen LogP contribution < -0.4 is 0 Å². The van der Waals surface area contributed by atoms with E-state index in [0.717, 1.165) is 0 Å². The van der Waals surface area contributed by atoms with E-state index in [2.05, 4.69) is 50.0 Å². The summed E-state index contributed by atoms with van der Waals surface area (Å²) in [6.07, 6.45) is 10.5. The molecular weight excluding hydrogens is 244 g/mol. The lowest BCUT2D eigenvalue weighted by Crippen LogP contribution is -2.22. The van der Waals surface area contributed by atoms with E-state index in [0.29, 0.717) is 0 Å². The molecule has 0 saturated carbocycles. The highest BCUT2D eigenvalue weighted by Gasteiger charge is 2.16. The third kappa shape index (κ3) is 8.04. The third-order valence-corrected chi connectivity index (χ3v) is 6.06. The van der Waals surface area contributed by atoms with Crippen molar-refractivity contribution < 1.29 is 0 Å². The predicted molar refractivity (Wildman–Crippen MR) is 88.7 cm³/mol. The molecule has 0 N–H and O–H groups in total. The van der Waals surface area contributed by atoms with Gasteiger partial charge in [0.1, 0.15) is 0 Å². The molecular formula is C18H28Si. The lowest BCUT2D eigenvalue weighted by molar-refractivity contribution is 0.622. The van der Waals surface area contributed by atoms with Gasteiger partial charge < -0.3 is 0 Å². The maximum absolute atomic E-state index is 3.68. The summed E-state index contributed by atoms with van der Waals surface area (Å²) in [6.45, 7) is 7.12. The van der Waals surface area contributed by atoms with Crippen molar-refractivity contribution >= 4 is 14.1 Å². The van der Waals surface area contributed by atoms with Crippen molar-refractivity contribution in [3.8, 4) is 0 Å². The van der Waals surface area contributed by atoms with Gasteiger partial charge in [-0.25, -0.2) is 0 Å². The van der Waals surface area contributed by atoms with Crippen molar-refractivity contribution in [3.05, 3.63) is 41.6 Å². The zero-order valence-electron chi connectivity index (χ0n) is 12.8. The molecule has 0 aliphatic rings. The SMILES string of the molecule is CCCCCCCC[Si](C)(C)[C]=Cc1cc[c]cc1. The second kappa shape index (κ2) is 9.14. The van der Waals surface area contributed by atoms with E-state index in [1.807, 2.05) is 12.1 Å². The van der Waals surface area contributed by atoms with Crippen molar-refractivity contribution in [2.75, 3.05) is 0 Å². The summed E-state index contributed by atoms with van der Waals surface area (Å²) < 4.78 is 0. The van der Waals surface area contributed by atoms with Crippen LogP contribution in [0.1, 0.15) is 51.0 Å². The monoisotopic (exact) mass is 272 g/mol. The quantitative estimate of drug-likeness (QED) is 0.387. The second-order valence-electron chi connectivity index (χ2n) is 6.02. The van der Waals surface area contributed by atoms with Crippen LogP contribution in [0.15, 0.2) is 24.3 Å². The summed E-state index contributed by atoms with van der Waals surface area (Å²) >= 11 is 0. The second-order valence-corrected chi connectivity index (χ2v) is 10.6. The van der Waals surface area contributed by atoms with Crippen molar-refractivity contribution in [2.24, 2.45) is 0 Å². The summed E-state index contributed by atoms with van der Waals surface area (Å²) in [5.41, 5.74) is 4.93. The van der Waals surface area contributed by atoms with Crippen molar-refractivity contribution in [2.45, 2.75) is 64.6 Å². The van der Waals surface area contributed by atoms with Crippen molar-refractivity contribution in [1.82, 2.24) is 0 Å². The number of rotatable bonds is 9. The Bertz CT molecular complexity index is 351. The maximum atomic E-state index is 3.68. The number of unbranched alkanes of at least 4 members (excludes halogenated alkanes) is 5. The van der Waals surface area contributed by atoms with Crippen LogP contribution in [0, 0.1) is 11.8 Å².